The van der Waals surface area contributed by atoms with E-state index in [4.69, 9.17) is 16.5 Å². The van der Waals surface area contributed by atoms with E-state index in [0.29, 0.717) is 0 Å². The maximum absolute atomic E-state index is 8.04. The molecular formula is C61H93N7. The minimum atomic E-state index is -1.22. The van der Waals surface area contributed by atoms with E-state index in [0.717, 1.165) is 85.8 Å². The molecule has 0 bridgehead atoms. The molecular weight excluding hydrogens is 831 g/mol. The van der Waals surface area contributed by atoms with Gasteiger partial charge in [-0.25, -0.2) is 0 Å². The Morgan fingerprint density at radius 2 is 0.588 bits per heavy atom. The molecule has 7 nitrogen and oxygen atoms in total. The Morgan fingerprint density at radius 1 is 0.338 bits per heavy atom. The van der Waals surface area contributed by atoms with E-state index in [2.05, 4.69) is 172 Å². The lowest BCUT2D eigenvalue weighted by atomic mass is 9.70. The van der Waals surface area contributed by atoms with E-state index < -0.39 is 11.2 Å². The lowest BCUT2D eigenvalue weighted by molar-refractivity contribution is 0.593. The first-order valence-electron chi connectivity index (χ1n) is 27.5. The first-order valence-corrected chi connectivity index (χ1v) is 27.5. The normalized spacial score (nSPS) is 16.9. The van der Waals surface area contributed by atoms with E-state index in [1.165, 1.54) is 125 Å². The number of nitrogens with zero attached hydrogens (tertiary/aromatic N) is 5. The molecule has 1 heterocycles. The molecule has 372 valence electrons. The Bertz CT molecular complexity index is 1890. The Kier molecular flexibility index (Phi) is 22.5. The summed E-state index contributed by atoms with van der Waals surface area (Å²) in [5, 5.41) is 0. The van der Waals surface area contributed by atoms with Gasteiger partial charge < -0.3 is 25.3 Å². The van der Waals surface area contributed by atoms with E-state index in [9.17, 15) is 0 Å². The molecule has 0 amide bonds. The fourth-order valence-electron chi connectivity index (χ4n) is 9.74. The van der Waals surface area contributed by atoms with Crippen LogP contribution in [0.1, 0.15) is 180 Å². The summed E-state index contributed by atoms with van der Waals surface area (Å²) in [6, 6.07) is 36.5. The number of anilines is 4. The molecule has 5 rings (SSSR count). The van der Waals surface area contributed by atoms with Crippen molar-refractivity contribution in [3.8, 4) is 0 Å². The van der Waals surface area contributed by atoms with Crippen molar-refractivity contribution in [2.45, 2.75) is 169 Å². The third-order valence-electron chi connectivity index (χ3n) is 14.2. The summed E-state index contributed by atoms with van der Waals surface area (Å²) in [6.07, 6.45) is 20.7. The van der Waals surface area contributed by atoms with Crippen molar-refractivity contribution < 1.29 is 0 Å². The van der Waals surface area contributed by atoms with Gasteiger partial charge in [0.1, 0.15) is 5.54 Å². The van der Waals surface area contributed by atoms with Gasteiger partial charge in [-0.05, 0) is 128 Å². The Labute approximate surface area is 415 Å². The highest BCUT2D eigenvalue weighted by Crippen LogP contribution is 2.50. The summed E-state index contributed by atoms with van der Waals surface area (Å²) in [6.45, 7) is 26.6. The van der Waals surface area contributed by atoms with Crippen molar-refractivity contribution in [1.29, 1.82) is 0 Å². The molecule has 2 atom stereocenters. The molecule has 1 aliphatic rings. The van der Waals surface area contributed by atoms with Crippen LogP contribution in [0.2, 0.25) is 0 Å². The second-order valence-corrected chi connectivity index (χ2v) is 19.6. The van der Waals surface area contributed by atoms with Crippen LogP contribution in [0, 0.1) is 0 Å². The number of benzene rings is 4. The third kappa shape index (κ3) is 14.0. The lowest BCUT2D eigenvalue weighted by Crippen LogP contribution is -2.49. The van der Waals surface area contributed by atoms with E-state index >= 15 is 0 Å². The second kappa shape index (κ2) is 28.2. The minimum absolute atomic E-state index is 0.947. The molecule has 0 saturated heterocycles. The van der Waals surface area contributed by atoms with Crippen LogP contribution in [0.15, 0.2) is 102 Å². The molecule has 4 aromatic carbocycles. The molecule has 4 N–H and O–H groups in total. The lowest BCUT2D eigenvalue weighted by Gasteiger charge is -2.42. The van der Waals surface area contributed by atoms with E-state index in [-0.39, 0.29) is 0 Å². The van der Waals surface area contributed by atoms with Gasteiger partial charge in [-0.3, -0.25) is 10.7 Å². The molecule has 2 unspecified atom stereocenters. The smallest absolute Gasteiger partial charge is 0.160 e. The van der Waals surface area contributed by atoms with Crippen LogP contribution in [-0.4, -0.2) is 58.6 Å². The van der Waals surface area contributed by atoms with Crippen LogP contribution in [0.4, 0.5) is 22.7 Å². The topological polar surface area (TPSA) is 77.4 Å². The van der Waals surface area contributed by atoms with Gasteiger partial charge in [0.2, 0.25) is 0 Å². The number of unbranched alkanes of at least 4 members (excludes halogenated alkanes) is 8. The van der Waals surface area contributed by atoms with E-state index in [1.54, 1.807) is 0 Å². The zero-order valence-electron chi connectivity index (χ0n) is 44.2. The van der Waals surface area contributed by atoms with Crippen molar-refractivity contribution in [2.75, 3.05) is 72.0 Å². The van der Waals surface area contributed by atoms with Crippen LogP contribution >= 0.6 is 0 Å². The number of rotatable bonds is 32. The SMILES string of the molecule is CCCCN(CCCC)c1ccc(C2=C(c3ccc(N(CCCC)CCCC)cc3)C(N)(c3ccc(N(CCCC)CCCC)cc3)N=CC2(N)c2ccc(N(CCCC)CCCC)cc2)cc1. The van der Waals surface area contributed by atoms with Crippen LogP contribution in [0.25, 0.3) is 11.1 Å². The summed E-state index contributed by atoms with van der Waals surface area (Å²) < 4.78 is 0. The second-order valence-electron chi connectivity index (χ2n) is 19.6. The fourth-order valence-corrected chi connectivity index (χ4v) is 9.74. The summed E-state index contributed by atoms with van der Waals surface area (Å²) in [5.74, 6) is 0. The number of aliphatic imine (C=N–C) groups is 1. The van der Waals surface area contributed by atoms with Gasteiger partial charge >= 0.3 is 0 Å². The highest BCUT2D eigenvalue weighted by atomic mass is 15.1. The average molecular weight is 924 g/mol. The zero-order valence-corrected chi connectivity index (χ0v) is 44.2. The first kappa shape index (κ1) is 54.4. The highest BCUT2D eigenvalue weighted by molar-refractivity contribution is 6.09. The van der Waals surface area contributed by atoms with Crippen molar-refractivity contribution >= 4 is 40.1 Å². The Balaban J connectivity index is 1.78. The predicted molar refractivity (Wildman–Crippen MR) is 301 cm³/mol. The summed E-state index contributed by atoms with van der Waals surface area (Å²) in [5.41, 5.74) is 24.7. The van der Waals surface area contributed by atoms with Crippen molar-refractivity contribution in [1.82, 2.24) is 0 Å². The first-order chi connectivity index (χ1) is 33.1. The van der Waals surface area contributed by atoms with Gasteiger partial charge in [0.15, 0.2) is 5.66 Å². The standard InChI is InChI=1S/C61H93N7/c1-9-17-41-65(42-18-10-2)54-33-25-50(26-34-54)58-59(51-27-35-55(36-28-51)66(43-19-11-3)44-20-12-4)61(63,53-31-39-57(40-32-53)68(47-23-15-7)48-24-16-8)64-49-60(58,62)52-29-37-56(38-30-52)67(45-21-13-5)46-22-14-6/h25-40,49H,9-24,41-48,62-63H2,1-8H3. The van der Waals surface area contributed by atoms with Crippen LogP contribution < -0.4 is 31.1 Å². The molecule has 7 heteroatoms. The van der Waals surface area contributed by atoms with Gasteiger partial charge in [-0.2, -0.15) is 0 Å². The molecule has 0 saturated carbocycles. The van der Waals surface area contributed by atoms with Gasteiger partial charge in [-0.15, -0.1) is 0 Å². The van der Waals surface area contributed by atoms with Gasteiger partial charge in [-0.1, -0.05) is 155 Å². The average Bonchev–Trinajstić information content (AvgIpc) is 3.37. The van der Waals surface area contributed by atoms with E-state index in [1.807, 2.05) is 6.21 Å². The molecule has 0 spiro atoms. The van der Waals surface area contributed by atoms with Gasteiger partial charge in [0.25, 0.3) is 0 Å². The number of hydrogen-bond acceptors (Lipinski definition) is 7. The van der Waals surface area contributed by atoms with Crippen molar-refractivity contribution in [2.24, 2.45) is 16.5 Å². The maximum Gasteiger partial charge on any atom is 0.160 e. The van der Waals surface area contributed by atoms with Crippen molar-refractivity contribution in [3.05, 3.63) is 119 Å². The quantitative estimate of drug-likeness (QED) is 0.0508. The summed E-state index contributed by atoms with van der Waals surface area (Å²) in [4.78, 5) is 15.7. The summed E-state index contributed by atoms with van der Waals surface area (Å²) >= 11 is 0. The van der Waals surface area contributed by atoms with Crippen molar-refractivity contribution in [3.63, 3.8) is 0 Å². The molecule has 0 aliphatic carbocycles. The highest BCUT2D eigenvalue weighted by Gasteiger charge is 2.46. The third-order valence-corrected chi connectivity index (χ3v) is 14.2. The molecule has 0 aromatic heterocycles. The fraction of sp³-hybridized carbons (Fsp3) is 0.557. The molecule has 0 radical (unpaired) electrons. The number of hydrogen-bond donors (Lipinski definition) is 2. The number of dihydropyridines is 1. The number of nitrogens with two attached hydrogens (primary N) is 2. The molecule has 4 aromatic rings. The monoisotopic (exact) mass is 924 g/mol. The minimum Gasteiger partial charge on any atom is -0.372 e. The summed E-state index contributed by atoms with van der Waals surface area (Å²) in [7, 11) is 0. The van der Waals surface area contributed by atoms with Crippen LogP contribution in [0.5, 0.6) is 0 Å². The maximum atomic E-state index is 8.04. The Hall–Kier alpha value is -4.59. The van der Waals surface area contributed by atoms with Crippen LogP contribution in [-0.2, 0) is 11.2 Å². The van der Waals surface area contributed by atoms with Gasteiger partial charge in [0, 0.05) is 86.9 Å². The Morgan fingerprint density at radius 3 is 0.868 bits per heavy atom. The molecule has 0 fully saturated rings. The molecule has 1 aliphatic heterocycles. The van der Waals surface area contributed by atoms with Gasteiger partial charge in [0.05, 0.1) is 0 Å². The zero-order chi connectivity index (χ0) is 48.8. The predicted octanol–water partition coefficient (Wildman–Crippen LogP) is 15.0. The molecule has 68 heavy (non-hydrogen) atoms. The largest absolute Gasteiger partial charge is 0.372 e. The van der Waals surface area contributed by atoms with Crippen LogP contribution in [0.3, 0.4) is 0 Å².